The van der Waals surface area contributed by atoms with Crippen LogP contribution in [-0.2, 0) is 4.79 Å². The van der Waals surface area contributed by atoms with Gasteiger partial charge in [-0.15, -0.1) is 0 Å². The van der Waals surface area contributed by atoms with Gasteiger partial charge in [-0.25, -0.2) is 5.84 Å². The highest BCUT2D eigenvalue weighted by molar-refractivity contribution is 5.74. The molecule has 0 aromatic rings. The van der Waals surface area contributed by atoms with E-state index in [1.54, 1.807) is 0 Å². The van der Waals surface area contributed by atoms with Crippen molar-refractivity contribution in [1.82, 2.24) is 5.17 Å². The summed E-state index contributed by atoms with van der Waals surface area (Å²) in [5, 5.41) is 8.81. The van der Waals surface area contributed by atoms with Crippen molar-refractivity contribution in [1.29, 1.82) is 0 Å². The molecule has 0 saturated carbocycles. The van der Waals surface area contributed by atoms with Gasteiger partial charge in [-0.3, -0.25) is 10.0 Å². The fraction of sp³-hybridized carbons (Fsp3) is 0.923. The van der Waals surface area contributed by atoms with Crippen molar-refractivity contribution in [2.24, 2.45) is 5.84 Å². The van der Waals surface area contributed by atoms with E-state index in [1.165, 1.54) is 51.4 Å². The second-order valence-electron chi connectivity index (χ2n) is 4.67. The van der Waals surface area contributed by atoms with Gasteiger partial charge in [0.15, 0.2) is 0 Å². The first-order valence-electron chi connectivity index (χ1n) is 6.95. The van der Waals surface area contributed by atoms with Crippen LogP contribution in [0.2, 0.25) is 0 Å². The molecule has 0 aliphatic carbocycles. The van der Waals surface area contributed by atoms with E-state index in [4.69, 9.17) is 11.0 Å². The fourth-order valence-corrected chi connectivity index (χ4v) is 1.88. The second kappa shape index (κ2) is 11.9. The Morgan fingerprint density at radius 1 is 0.941 bits per heavy atom. The Morgan fingerprint density at radius 2 is 1.35 bits per heavy atom. The van der Waals surface area contributed by atoms with Gasteiger partial charge in [0, 0.05) is 6.42 Å². The zero-order chi connectivity index (χ0) is 12.9. The number of hydrazine groups is 1. The summed E-state index contributed by atoms with van der Waals surface area (Å²) in [6, 6.07) is 0. The van der Waals surface area contributed by atoms with Crippen LogP contribution in [0.25, 0.3) is 0 Å². The average Bonchev–Trinajstić information content (AvgIpc) is 2.31. The summed E-state index contributed by atoms with van der Waals surface area (Å²) in [7, 11) is 0. The standard InChI is InChI=1S/C13H28N2O2/c1-2-3-4-5-6-7-8-9-10-11-12-13(16)15(14)17/h17H,2-12,14H2,1H3. The van der Waals surface area contributed by atoms with Gasteiger partial charge in [0.2, 0.25) is 0 Å². The van der Waals surface area contributed by atoms with Gasteiger partial charge in [-0.1, -0.05) is 64.7 Å². The normalized spacial score (nSPS) is 10.5. The molecule has 0 heterocycles. The molecule has 0 rings (SSSR count). The summed E-state index contributed by atoms with van der Waals surface area (Å²) in [6.07, 6.45) is 12.7. The first kappa shape index (κ1) is 16.4. The van der Waals surface area contributed by atoms with Gasteiger partial charge in [-0.2, -0.15) is 5.17 Å². The molecule has 0 bridgehead atoms. The zero-order valence-electron chi connectivity index (χ0n) is 11.2. The minimum atomic E-state index is -0.399. The molecule has 0 atom stereocenters. The molecule has 0 saturated heterocycles. The van der Waals surface area contributed by atoms with Crippen molar-refractivity contribution in [3.63, 3.8) is 0 Å². The number of rotatable bonds is 11. The summed E-state index contributed by atoms with van der Waals surface area (Å²) in [5.41, 5.74) is 0. The molecular formula is C13H28N2O2. The Kier molecular flexibility index (Phi) is 11.4. The first-order chi connectivity index (χ1) is 8.18. The van der Waals surface area contributed by atoms with Gasteiger partial charge < -0.3 is 0 Å². The van der Waals surface area contributed by atoms with Crippen LogP contribution in [0.15, 0.2) is 0 Å². The van der Waals surface area contributed by atoms with Crippen molar-refractivity contribution in [2.75, 3.05) is 0 Å². The molecule has 0 aliphatic heterocycles. The molecule has 0 aromatic carbocycles. The number of carbonyl (C=O) groups excluding carboxylic acids is 1. The molecule has 1 amide bonds. The van der Waals surface area contributed by atoms with E-state index >= 15 is 0 Å². The lowest BCUT2D eigenvalue weighted by molar-refractivity contribution is -0.166. The SMILES string of the molecule is CCCCCCCCCCCCC(=O)N(N)O. The number of hydroxylamine groups is 1. The quantitative estimate of drug-likeness (QED) is 0.192. The van der Waals surface area contributed by atoms with Gasteiger partial charge >= 0.3 is 0 Å². The van der Waals surface area contributed by atoms with Crippen molar-refractivity contribution < 1.29 is 10.0 Å². The van der Waals surface area contributed by atoms with Crippen LogP contribution in [0.5, 0.6) is 0 Å². The Labute approximate surface area is 105 Å². The fourth-order valence-electron chi connectivity index (χ4n) is 1.88. The molecule has 102 valence electrons. The number of hydrogen-bond donors (Lipinski definition) is 2. The van der Waals surface area contributed by atoms with E-state index in [-0.39, 0.29) is 5.17 Å². The second-order valence-corrected chi connectivity index (χ2v) is 4.67. The number of nitrogens with two attached hydrogens (primary N) is 1. The predicted octanol–water partition coefficient (Wildman–Crippen LogP) is 3.39. The average molecular weight is 244 g/mol. The third-order valence-electron chi connectivity index (χ3n) is 3.00. The Morgan fingerprint density at radius 3 is 1.76 bits per heavy atom. The van der Waals surface area contributed by atoms with E-state index in [2.05, 4.69) is 6.92 Å². The minimum absolute atomic E-state index is 0.188. The van der Waals surface area contributed by atoms with Crippen LogP contribution in [0.3, 0.4) is 0 Å². The zero-order valence-corrected chi connectivity index (χ0v) is 11.2. The molecule has 17 heavy (non-hydrogen) atoms. The lowest BCUT2D eigenvalue weighted by Gasteiger charge is -2.06. The van der Waals surface area contributed by atoms with Gasteiger partial charge in [0.25, 0.3) is 5.91 Å². The van der Waals surface area contributed by atoms with Crippen LogP contribution in [-0.4, -0.2) is 16.3 Å². The lowest BCUT2D eigenvalue weighted by atomic mass is 10.1. The third-order valence-corrected chi connectivity index (χ3v) is 3.00. The number of carbonyl (C=O) groups is 1. The maximum Gasteiger partial charge on any atom is 0.260 e. The summed E-state index contributed by atoms with van der Waals surface area (Å²) in [5.74, 6) is 4.50. The van der Waals surface area contributed by atoms with Crippen molar-refractivity contribution >= 4 is 5.91 Å². The van der Waals surface area contributed by atoms with E-state index in [0.29, 0.717) is 6.42 Å². The molecule has 0 radical (unpaired) electrons. The monoisotopic (exact) mass is 244 g/mol. The highest BCUT2D eigenvalue weighted by Gasteiger charge is 2.04. The molecule has 4 heteroatoms. The summed E-state index contributed by atoms with van der Waals surface area (Å²) in [6.45, 7) is 2.23. The van der Waals surface area contributed by atoms with E-state index in [1.807, 2.05) is 0 Å². The van der Waals surface area contributed by atoms with E-state index in [9.17, 15) is 4.79 Å². The summed E-state index contributed by atoms with van der Waals surface area (Å²) >= 11 is 0. The van der Waals surface area contributed by atoms with Crippen LogP contribution in [0, 0.1) is 0 Å². The maximum atomic E-state index is 10.9. The molecule has 4 nitrogen and oxygen atoms in total. The first-order valence-corrected chi connectivity index (χ1v) is 6.95. The van der Waals surface area contributed by atoms with E-state index < -0.39 is 5.91 Å². The Hall–Kier alpha value is -0.610. The summed E-state index contributed by atoms with van der Waals surface area (Å²) in [4.78, 5) is 10.9. The molecule has 3 N–H and O–H groups in total. The van der Waals surface area contributed by atoms with E-state index in [0.717, 1.165) is 12.8 Å². The third kappa shape index (κ3) is 11.6. The lowest BCUT2D eigenvalue weighted by Crippen LogP contribution is -2.33. The Bertz CT molecular complexity index is 184. The number of hydrogen-bond acceptors (Lipinski definition) is 3. The molecule has 0 unspecified atom stereocenters. The molecule has 0 aromatic heterocycles. The Balaban J connectivity index is 3.06. The van der Waals surface area contributed by atoms with Crippen LogP contribution >= 0.6 is 0 Å². The summed E-state index contributed by atoms with van der Waals surface area (Å²) < 4.78 is 0. The largest absolute Gasteiger partial charge is 0.271 e. The maximum absolute atomic E-state index is 10.9. The highest BCUT2D eigenvalue weighted by atomic mass is 16.5. The highest BCUT2D eigenvalue weighted by Crippen LogP contribution is 2.11. The van der Waals surface area contributed by atoms with Crippen molar-refractivity contribution in [3.05, 3.63) is 0 Å². The molecule has 0 aliphatic rings. The van der Waals surface area contributed by atoms with Crippen molar-refractivity contribution in [3.8, 4) is 0 Å². The van der Waals surface area contributed by atoms with Crippen LogP contribution < -0.4 is 5.84 Å². The molecular weight excluding hydrogens is 216 g/mol. The van der Waals surface area contributed by atoms with Gasteiger partial charge in [0.05, 0.1) is 0 Å². The number of unbranched alkanes of at least 4 members (excludes halogenated alkanes) is 9. The molecule has 0 spiro atoms. The van der Waals surface area contributed by atoms with Crippen molar-refractivity contribution in [2.45, 2.75) is 77.6 Å². The van der Waals surface area contributed by atoms with Gasteiger partial charge in [-0.05, 0) is 6.42 Å². The number of amides is 1. The van der Waals surface area contributed by atoms with Gasteiger partial charge in [0.1, 0.15) is 0 Å². The predicted molar refractivity (Wildman–Crippen MR) is 69.3 cm³/mol. The molecule has 0 fully saturated rings. The van der Waals surface area contributed by atoms with Crippen LogP contribution in [0.4, 0.5) is 0 Å². The number of nitrogens with zero attached hydrogens (tertiary/aromatic N) is 1. The smallest absolute Gasteiger partial charge is 0.260 e. The van der Waals surface area contributed by atoms with Crippen LogP contribution in [0.1, 0.15) is 77.6 Å². The topological polar surface area (TPSA) is 66.6 Å². The minimum Gasteiger partial charge on any atom is -0.271 e.